The van der Waals surface area contributed by atoms with Gasteiger partial charge in [0.05, 0.1) is 29.5 Å². The summed E-state index contributed by atoms with van der Waals surface area (Å²) in [5, 5.41) is 3.87. The van der Waals surface area contributed by atoms with Gasteiger partial charge in [-0.25, -0.2) is 8.42 Å². The number of aromatic nitrogens is 1. The highest BCUT2D eigenvalue weighted by Crippen LogP contribution is 2.32. The molecule has 0 aliphatic carbocycles. The number of benzene rings is 2. The van der Waals surface area contributed by atoms with E-state index in [1.54, 1.807) is 49.4 Å². The van der Waals surface area contributed by atoms with E-state index in [1.807, 2.05) is 20.8 Å². The molecule has 7 nitrogen and oxygen atoms in total. The van der Waals surface area contributed by atoms with Gasteiger partial charge in [-0.2, -0.15) is 0 Å². The molecule has 0 saturated carbocycles. The molecule has 0 saturated heterocycles. The molecule has 3 rings (SSSR count). The van der Waals surface area contributed by atoms with Crippen molar-refractivity contribution >= 4 is 15.7 Å². The minimum Gasteiger partial charge on any atom is -0.494 e. The summed E-state index contributed by atoms with van der Waals surface area (Å²) in [6, 6.07) is 11.9. The Morgan fingerprint density at radius 3 is 2.38 bits per heavy atom. The van der Waals surface area contributed by atoms with Gasteiger partial charge in [0.2, 0.25) is 0 Å². The van der Waals surface area contributed by atoms with E-state index in [0.29, 0.717) is 41.7 Å². The van der Waals surface area contributed by atoms with Crippen LogP contribution >= 0.6 is 0 Å². The fraction of sp³-hybridized carbons (Fsp3) is 0.286. The molecule has 29 heavy (non-hydrogen) atoms. The summed E-state index contributed by atoms with van der Waals surface area (Å²) in [5.41, 5.74) is 2.43. The second-order valence-corrected chi connectivity index (χ2v) is 8.09. The Kier molecular flexibility index (Phi) is 6.12. The van der Waals surface area contributed by atoms with Crippen molar-refractivity contribution in [3.8, 4) is 22.8 Å². The highest BCUT2D eigenvalue weighted by Gasteiger charge is 2.20. The molecule has 1 heterocycles. The number of aryl methyl sites for hydroxylation is 2. The third kappa shape index (κ3) is 4.71. The summed E-state index contributed by atoms with van der Waals surface area (Å²) in [7, 11) is -3.84. The first kappa shape index (κ1) is 20.7. The molecule has 0 amide bonds. The zero-order chi connectivity index (χ0) is 21.0. The summed E-state index contributed by atoms with van der Waals surface area (Å²) in [6.45, 7) is 8.15. The third-order valence-electron chi connectivity index (χ3n) is 4.18. The van der Waals surface area contributed by atoms with Crippen LogP contribution < -0.4 is 14.2 Å². The van der Waals surface area contributed by atoms with Crippen molar-refractivity contribution < 1.29 is 22.4 Å². The number of hydrogen-bond acceptors (Lipinski definition) is 6. The van der Waals surface area contributed by atoms with Crippen LogP contribution in [0.25, 0.3) is 11.3 Å². The average molecular weight is 416 g/mol. The maximum Gasteiger partial charge on any atom is 0.262 e. The van der Waals surface area contributed by atoms with Gasteiger partial charge in [0.15, 0.2) is 5.76 Å². The number of rotatable bonds is 8. The van der Waals surface area contributed by atoms with Crippen molar-refractivity contribution in [2.75, 3.05) is 17.9 Å². The smallest absolute Gasteiger partial charge is 0.262 e. The molecule has 3 aromatic rings. The van der Waals surface area contributed by atoms with Crippen molar-refractivity contribution in [2.45, 2.75) is 32.6 Å². The minimum atomic E-state index is -3.84. The van der Waals surface area contributed by atoms with Gasteiger partial charge in [-0.05, 0) is 63.6 Å². The van der Waals surface area contributed by atoms with E-state index >= 15 is 0 Å². The lowest BCUT2D eigenvalue weighted by molar-refractivity contribution is 0.332. The molecule has 0 bridgehead atoms. The average Bonchev–Trinajstić information content (AvgIpc) is 3.10. The van der Waals surface area contributed by atoms with Gasteiger partial charge < -0.3 is 14.0 Å². The van der Waals surface area contributed by atoms with Crippen LogP contribution in [-0.4, -0.2) is 26.8 Å². The molecular formula is C21H24N2O5S. The lowest BCUT2D eigenvalue weighted by atomic mass is 10.1. The second kappa shape index (κ2) is 8.57. The largest absolute Gasteiger partial charge is 0.494 e. The van der Waals surface area contributed by atoms with Gasteiger partial charge >= 0.3 is 0 Å². The van der Waals surface area contributed by atoms with Gasteiger partial charge in [0, 0.05) is 17.7 Å². The lowest BCUT2D eigenvalue weighted by Crippen LogP contribution is -2.15. The fourth-order valence-electron chi connectivity index (χ4n) is 2.93. The molecule has 0 unspecified atom stereocenters. The van der Waals surface area contributed by atoms with Crippen LogP contribution in [0, 0.1) is 13.8 Å². The second-order valence-electron chi connectivity index (χ2n) is 6.44. The van der Waals surface area contributed by atoms with E-state index < -0.39 is 10.0 Å². The number of sulfonamides is 1. The van der Waals surface area contributed by atoms with Crippen LogP contribution in [0.3, 0.4) is 0 Å². The van der Waals surface area contributed by atoms with Crippen molar-refractivity contribution in [1.82, 2.24) is 5.16 Å². The number of hydrogen-bond donors (Lipinski definition) is 1. The maximum atomic E-state index is 13.1. The SMILES string of the molecule is CCOc1ccc(OCC)c(NS(=O)(=O)c2ccc(-c3cc(C)no3)cc2C)c1. The topological polar surface area (TPSA) is 90.7 Å². The number of ether oxygens (including phenoxy) is 2. The van der Waals surface area contributed by atoms with Crippen molar-refractivity contribution in [3.63, 3.8) is 0 Å². The van der Waals surface area contributed by atoms with E-state index in [2.05, 4.69) is 9.88 Å². The van der Waals surface area contributed by atoms with E-state index in [1.165, 1.54) is 0 Å². The standard InChI is InChI=1S/C21H24N2O5S/c1-5-26-17-8-9-19(27-6-2)18(13-17)23-29(24,25)21-10-7-16(11-14(21)3)20-12-15(4)22-28-20/h7-13,23H,5-6H2,1-4H3. The summed E-state index contributed by atoms with van der Waals surface area (Å²) in [6.07, 6.45) is 0. The molecule has 8 heteroatoms. The summed E-state index contributed by atoms with van der Waals surface area (Å²) < 4.78 is 45.0. The Morgan fingerprint density at radius 1 is 1.00 bits per heavy atom. The van der Waals surface area contributed by atoms with Crippen LogP contribution in [0.15, 0.2) is 51.9 Å². The zero-order valence-corrected chi connectivity index (χ0v) is 17.7. The van der Waals surface area contributed by atoms with Gasteiger partial charge in [-0.3, -0.25) is 4.72 Å². The number of nitrogens with zero attached hydrogens (tertiary/aromatic N) is 1. The lowest BCUT2D eigenvalue weighted by Gasteiger charge is -2.15. The predicted octanol–water partition coefficient (Wildman–Crippen LogP) is 4.56. The Balaban J connectivity index is 1.94. The van der Waals surface area contributed by atoms with Crippen molar-refractivity contribution in [1.29, 1.82) is 0 Å². The molecule has 1 aromatic heterocycles. The highest BCUT2D eigenvalue weighted by molar-refractivity contribution is 7.92. The number of nitrogens with one attached hydrogen (secondary N) is 1. The van der Waals surface area contributed by atoms with Crippen LogP contribution in [0.2, 0.25) is 0 Å². The molecule has 2 aromatic carbocycles. The Hall–Kier alpha value is -3.00. The molecule has 0 aliphatic rings. The molecular weight excluding hydrogens is 392 g/mol. The number of anilines is 1. The zero-order valence-electron chi connectivity index (χ0n) is 16.9. The van der Waals surface area contributed by atoms with Gasteiger partial charge in [0.25, 0.3) is 10.0 Å². The van der Waals surface area contributed by atoms with Crippen LogP contribution in [0.5, 0.6) is 11.5 Å². The third-order valence-corrected chi connectivity index (χ3v) is 5.71. The molecule has 0 aliphatic heterocycles. The molecule has 0 radical (unpaired) electrons. The normalized spacial score (nSPS) is 11.3. The van der Waals surface area contributed by atoms with Crippen molar-refractivity contribution in [3.05, 3.63) is 53.7 Å². The Bertz CT molecular complexity index is 1110. The first-order valence-corrected chi connectivity index (χ1v) is 10.8. The molecule has 0 fully saturated rings. The van der Waals surface area contributed by atoms with Crippen molar-refractivity contribution in [2.24, 2.45) is 0 Å². The summed E-state index contributed by atoms with van der Waals surface area (Å²) in [5.74, 6) is 1.58. The van der Waals surface area contributed by atoms with E-state index in [9.17, 15) is 8.42 Å². The maximum absolute atomic E-state index is 13.1. The van der Waals surface area contributed by atoms with Crippen LogP contribution in [0.4, 0.5) is 5.69 Å². The highest BCUT2D eigenvalue weighted by atomic mass is 32.2. The van der Waals surface area contributed by atoms with E-state index in [0.717, 1.165) is 11.3 Å². The first-order valence-electron chi connectivity index (χ1n) is 9.31. The fourth-order valence-corrected chi connectivity index (χ4v) is 4.22. The molecule has 0 atom stereocenters. The van der Waals surface area contributed by atoms with Gasteiger partial charge in [0.1, 0.15) is 11.5 Å². The Labute approximate surface area is 170 Å². The van der Waals surface area contributed by atoms with E-state index in [4.69, 9.17) is 14.0 Å². The summed E-state index contributed by atoms with van der Waals surface area (Å²) in [4.78, 5) is 0.168. The summed E-state index contributed by atoms with van der Waals surface area (Å²) >= 11 is 0. The van der Waals surface area contributed by atoms with Crippen LogP contribution in [0.1, 0.15) is 25.1 Å². The first-order chi connectivity index (χ1) is 13.8. The molecule has 1 N–H and O–H groups in total. The predicted molar refractivity (Wildman–Crippen MR) is 111 cm³/mol. The van der Waals surface area contributed by atoms with E-state index in [-0.39, 0.29) is 4.90 Å². The minimum absolute atomic E-state index is 0.168. The van der Waals surface area contributed by atoms with Crippen LogP contribution in [-0.2, 0) is 10.0 Å². The van der Waals surface area contributed by atoms with Gasteiger partial charge in [-0.1, -0.05) is 5.16 Å². The van der Waals surface area contributed by atoms with Gasteiger partial charge in [-0.15, -0.1) is 0 Å². The Morgan fingerprint density at radius 2 is 1.76 bits per heavy atom. The quantitative estimate of drug-likeness (QED) is 0.579. The monoisotopic (exact) mass is 416 g/mol. The molecule has 154 valence electrons. The molecule has 0 spiro atoms.